The first-order chi connectivity index (χ1) is 27.2. The van der Waals surface area contributed by atoms with Crippen molar-refractivity contribution in [2.45, 2.75) is 64.1 Å². The number of carbonyl (C=O) groups excluding carboxylic acids is 1. The maximum absolute atomic E-state index is 13.7. The standard InChI is InChI=1S/C49H52O6Si/c1-49(2,3)56(46-26-16-8-17-27-46,47-28-18-9-19-29-47)54-37-45(53-36-39-22-12-6-13-23-39)34-44(55-48(50)41-24-14-7-15-25-41)32-40-30-42(51-4)33-43(31-40)52-35-38-20-10-5-11-21-38/h5-31,33,44-45H,32,34-37H2,1-4H3/t44-,45-/m0/s1. The third kappa shape index (κ3) is 10.6. The van der Waals surface area contributed by atoms with Gasteiger partial charge in [0, 0.05) is 18.9 Å². The lowest BCUT2D eigenvalue weighted by Crippen LogP contribution is -2.67. The number of methoxy groups -OCH3 is 1. The number of esters is 1. The first-order valence-corrected chi connectivity index (χ1v) is 21.2. The minimum absolute atomic E-state index is 0.227. The SMILES string of the molecule is COc1cc(C[C@@H](C[C@@H](CO[Si](c2ccccc2)(c2ccccc2)C(C)(C)C)OCc2ccccc2)OC(=O)c2ccccc2)cc(OCc2ccccc2)c1. The topological polar surface area (TPSA) is 63.2 Å². The van der Waals surface area contributed by atoms with Gasteiger partial charge in [-0.15, -0.1) is 0 Å². The molecule has 0 unspecified atom stereocenters. The summed E-state index contributed by atoms with van der Waals surface area (Å²) in [5.74, 6) is 0.933. The van der Waals surface area contributed by atoms with Crippen LogP contribution in [0, 0.1) is 0 Å². The molecule has 0 bridgehead atoms. The second kappa shape index (κ2) is 19.4. The molecule has 7 heteroatoms. The van der Waals surface area contributed by atoms with Gasteiger partial charge in [0.2, 0.25) is 0 Å². The summed E-state index contributed by atoms with van der Waals surface area (Å²) in [7, 11) is -1.27. The molecule has 0 N–H and O–H groups in total. The molecule has 6 aromatic carbocycles. The highest BCUT2D eigenvalue weighted by molar-refractivity contribution is 6.99. The first kappa shape index (κ1) is 40.2. The average molecular weight is 765 g/mol. The van der Waals surface area contributed by atoms with Crippen molar-refractivity contribution < 1.29 is 28.2 Å². The van der Waals surface area contributed by atoms with Gasteiger partial charge in [0.05, 0.1) is 32.0 Å². The molecule has 2 atom stereocenters. The Bertz CT molecular complexity index is 2030. The van der Waals surface area contributed by atoms with Crippen molar-refractivity contribution in [1.29, 1.82) is 0 Å². The third-order valence-electron chi connectivity index (χ3n) is 9.93. The van der Waals surface area contributed by atoms with Crippen molar-refractivity contribution >= 4 is 24.7 Å². The van der Waals surface area contributed by atoms with Crippen LogP contribution in [0.15, 0.2) is 170 Å². The number of hydrogen-bond acceptors (Lipinski definition) is 6. The second-order valence-corrected chi connectivity index (χ2v) is 19.3. The minimum atomic E-state index is -2.91. The Morgan fingerprint density at radius 1 is 0.589 bits per heavy atom. The molecular formula is C49H52O6Si. The van der Waals surface area contributed by atoms with Gasteiger partial charge in [0.25, 0.3) is 8.32 Å². The van der Waals surface area contributed by atoms with Crippen LogP contribution in [-0.4, -0.2) is 40.2 Å². The Morgan fingerprint density at radius 2 is 1.09 bits per heavy atom. The van der Waals surface area contributed by atoms with Gasteiger partial charge in [-0.05, 0) is 56.4 Å². The summed E-state index contributed by atoms with van der Waals surface area (Å²) >= 11 is 0. The molecule has 288 valence electrons. The van der Waals surface area contributed by atoms with Gasteiger partial charge in [0.15, 0.2) is 0 Å². The molecule has 0 saturated heterocycles. The molecule has 6 aromatic rings. The molecule has 6 nitrogen and oxygen atoms in total. The summed E-state index contributed by atoms with van der Waals surface area (Å²) in [6.45, 7) is 7.89. The molecule has 0 saturated carbocycles. The van der Waals surface area contributed by atoms with E-state index >= 15 is 0 Å². The van der Waals surface area contributed by atoms with E-state index in [9.17, 15) is 4.79 Å². The lowest BCUT2D eigenvalue weighted by molar-refractivity contribution is -0.0315. The maximum Gasteiger partial charge on any atom is 0.338 e. The van der Waals surface area contributed by atoms with Crippen LogP contribution in [0.4, 0.5) is 0 Å². The van der Waals surface area contributed by atoms with Crippen molar-refractivity contribution in [3.05, 3.63) is 192 Å². The number of carbonyl (C=O) groups is 1. The van der Waals surface area contributed by atoms with Crippen LogP contribution in [0.3, 0.4) is 0 Å². The van der Waals surface area contributed by atoms with Gasteiger partial charge in [-0.25, -0.2) is 4.79 Å². The molecule has 0 amide bonds. The number of benzene rings is 6. The van der Waals surface area contributed by atoms with E-state index in [-0.39, 0.29) is 5.04 Å². The lowest BCUT2D eigenvalue weighted by Gasteiger charge is -2.43. The van der Waals surface area contributed by atoms with Crippen LogP contribution in [0.1, 0.15) is 54.2 Å². The van der Waals surface area contributed by atoms with Gasteiger partial charge in [-0.1, -0.05) is 160 Å². The monoisotopic (exact) mass is 764 g/mol. The van der Waals surface area contributed by atoms with Gasteiger partial charge < -0.3 is 23.4 Å². The Balaban J connectivity index is 1.34. The van der Waals surface area contributed by atoms with Gasteiger partial charge in [-0.3, -0.25) is 0 Å². The van der Waals surface area contributed by atoms with Crippen LogP contribution in [0.25, 0.3) is 0 Å². The fraction of sp³-hybridized carbons (Fsp3) is 0.245. The van der Waals surface area contributed by atoms with Crippen LogP contribution >= 0.6 is 0 Å². The normalized spacial score (nSPS) is 12.7. The molecule has 56 heavy (non-hydrogen) atoms. The van der Waals surface area contributed by atoms with Crippen LogP contribution in [0.2, 0.25) is 5.04 Å². The summed E-state index contributed by atoms with van der Waals surface area (Å²) in [4.78, 5) is 13.7. The molecule has 0 spiro atoms. The predicted octanol–water partition coefficient (Wildman–Crippen LogP) is 9.59. The summed E-state index contributed by atoms with van der Waals surface area (Å²) in [5.41, 5.74) is 3.51. The highest BCUT2D eigenvalue weighted by atomic mass is 28.4. The first-order valence-electron chi connectivity index (χ1n) is 19.2. The number of rotatable bonds is 18. The Kier molecular flexibility index (Phi) is 13.9. The van der Waals surface area contributed by atoms with E-state index in [1.165, 1.54) is 10.4 Å². The van der Waals surface area contributed by atoms with Crippen molar-refractivity contribution in [3.8, 4) is 11.5 Å². The number of ether oxygens (including phenoxy) is 4. The smallest absolute Gasteiger partial charge is 0.338 e. The average Bonchev–Trinajstić information content (AvgIpc) is 3.23. The van der Waals surface area contributed by atoms with Crippen molar-refractivity contribution in [2.75, 3.05) is 13.7 Å². The summed E-state index contributed by atoms with van der Waals surface area (Å²) in [6, 6.07) is 56.3. The quantitative estimate of drug-likeness (QED) is 0.0642. The Hall–Kier alpha value is -5.47. The second-order valence-electron chi connectivity index (χ2n) is 15.0. The third-order valence-corrected chi connectivity index (χ3v) is 14.9. The van der Waals surface area contributed by atoms with E-state index < -0.39 is 26.5 Å². The summed E-state index contributed by atoms with van der Waals surface area (Å²) < 4.78 is 32.5. The fourth-order valence-corrected chi connectivity index (χ4v) is 11.8. The lowest BCUT2D eigenvalue weighted by atomic mass is 10.0. The van der Waals surface area contributed by atoms with Gasteiger partial charge >= 0.3 is 5.97 Å². The molecule has 0 aliphatic heterocycles. The Labute approximate surface area is 333 Å². The van der Waals surface area contributed by atoms with Gasteiger partial charge in [-0.2, -0.15) is 0 Å². The maximum atomic E-state index is 13.7. The minimum Gasteiger partial charge on any atom is -0.497 e. The fourth-order valence-electron chi connectivity index (χ4n) is 7.17. The van der Waals surface area contributed by atoms with E-state index in [0.29, 0.717) is 49.7 Å². The molecule has 0 aliphatic carbocycles. The van der Waals surface area contributed by atoms with E-state index in [1.807, 2.05) is 97.1 Å². The molecule has 6 rings (SSSR count). The van der Waals surface area contributed by atoms with Crippen molar-refractivity contribution in [3.63, 3.8) is 0 Å². The van der Waals surface area contributed by atoms with Crippen LogP contribution in [0.5, 0.6) is 11.5 Å². The highest BCUT2D eigenvalue weighted by Crippen LogP contribution is 2.37. The van der Waals surface area contributed by atoms with E-state index in [1.54, 1.807) is 19.2 Å². The van der Waals surface area contributed by atoms with E-state index in [0.717, 1.165) is 16.7 Å². The number of hydrogen-bond donors (Lipinski definition) is 0. The highest BCUT2D eigenvalue weighted by Gasteiger charge is 2.50. The largest absolute Gasteiger partial charge is 0.497 e. The van der Waals surface area contributed by atoms with E-state index in [2.05, 4.69) is 81.4 Å². The summed E-state index contributed by atoms with van der Waals surface area (Å²) in [5, 5.41) is 2.15. The molecule has 0 radical (unpaired) electrons. The zero-order valence-corrected chi connectivity index (χ0v) is 33.8. The zero-order valence-electron chi connectivity index (χ0n) is 32.8. The van der Waals surface area contributed by atoms with E-state index in [4.69, 9.17) is 23.4 Å². The zero-order chi connectivity index (χ0) is 39.2. The molecular weight excluding hydrogens is 713 g/mol. The molecule has 0 fully saturated rings. The van der Waals surface area contributed by atoms with Crippen molar-refractivity contribution in [1.82, 2.24) is 0 Å². The summed E-state index contributed by atoms with van der Waals surface area (Å²) in [6.07, 6.45) is -0.201. The molecule has 0 aliphatic rings. The predicted molar refractivity (Wildman–Crippen MR) is 226 cm³/mol. The van der Waals surface area contributed by atoms with Crippen molar-refractivity contribution in [2.24, 2.45) is 0 Å². The Morgan fingerprint density at radius 3 is 1.62 bits per heavy atom. The van der Waals surface area contributed by atoms with Crippen LogP contribution < -0.4 is 19.8 Å². The van der Waals surface area contributed by atoms with Gasteiger partial charge in [0.1, 0.15) is 24.2 Å². The van der Waals surface area contributed by atoms with Crippen LogP contribution in [-0.2, 0) is 33.5 Å². The molecule has 0 heterocycles. The molecule has 0 aromatic heterocycles.